The predicted octanol–water partition coefficient (Wildman–Crippen LogP) is 4.42. The molecule has 5 heteroatoms. The van der Waals surface area contributed by atoms with Crippen molar-refractivity contribution in [2.24, 2.45) is 0 Å². The van der Waals surface area contributed by atoms with Crippen molar-refractivity contribution in [3.63, 3.8) is 0 Å². The Bertz CT molecular complexity index is 818. The van der Waals surface area contributed by atoms with E-state index in [1.807, 2.05) is 39.0 Å². The van der Waals surface area contributed by atoms with Crippen LogP contribution in [0.3, 0.4) is 0 Å². The zero-order valence-electron chi connectivity index (χ0n) is 12.1. The number of anilines is 1. The highest BCUT2D eigenvalue weighted by atomic mass is 35.5. The van der Waals surface area contributed by atoms with Gasteiger partial charge in [-0.3, -0.25) is 0 Å². The van der Waals surface area contributed by atoms with E-state index in [0.29, 0.717) is 33.7 Å². The Kier molecular flexibility index (Phi) is 3.14. The van der Waals surface area contributed by atoms with Gasteiger partial charge in [0.1, 0.15) is 17.3 Å². The number of fused-ring (bicyclic) bond motifs is 1. The van der Waals surface area contributed by atoms with E-state index < -0.39 is 0 Å². The van der Waals surface area contributed by atoms with Crippen LogP contribution in [0.1, 0.15) is 26.6 Å². The van der Waals surface area contributed by atoms with Crippen molar-refractivity contribution in [3.05, 3.63) is 41.2 Å². The molecular formula is C16H16ClN3O. The summed E-state index contributed by atoms with van der Waals surface area (Å²) in [6, 6.07) is 9.25. The Labute approximate surface area is 128 Å². The molecule has 0 atom stereocenters. The Morgan fingerprint density at radius 2 is 1.90 bits per heavy atom. The molecule has 0 aliphatic heterocycles. The van der Waals surface area contributed by atoms with Gasteiger partial charge in [0.25, 0.3) is 0 Å². The maximum Gasteiger partial charge on any atom is 0.154 e. The summed E-state index contributed by atoms with van der Waals surface area (Å²) in [5, 5.41) is 1.52. The van der Waals surface area contributed by atoms with Crippen LogP contribution in [-0.4, -0.2) is 9.97 Å². The molecule has 3 rings (SSSR count). The van der Waals surface area contributed by atoms with E-state index in [-0.39, 0.29) is 5.41 Å². The second-order valence-electron chi connectivity index (χ2n) is 6.02. The third-order valence-corrected chi connectivity index (χ3v) is 3.46. The molecule has 21 heavy (non-hydrogen) atoms. The number of rotatable bonds is 1. The number of hydrogen-bond donors (Lipinski definition) is 1. The first kappa shape index (κ1) is 13.9. The van der Waals surface area contributed by atoms with Crippen molar-refractivity contribution in [1.29, 1.82) is 0 Å². The minimum absolute atomic E-state index is 0.187. The number of nitrogens with two attached hydrogens (primary N) is 1. The van der Waals surface area contributed by atoms with Crippen LogP contribution >= 0.6 is 11.6 Å². The van der Waals surface area contributed by atoms with Crippen LogP contribution in [0.4, 0.5) is 5.82 Å². The molecule has 0 saturated heterocycles. The van der Waals surface area contributed by atoms with Gasteiger partial charge in [-0.1, -0.05) is 44.5 Å². The van der Waals surface area contributed by atoms with Crippen molar-refractivity contribution in [3.8, 4) is 11.5 Å². The van der Waals surface area contributed by atoms with Crippen molar-refractivity contribution >= 4 is 28.4 Å². The van der Waals surface area contributed by atoms with Gasteiger partial charge in [0.15, 0.2) is 11.3 Å². The molecule has 2 N–H and O–H groups in total. The molecule has 2 aromatic heterocycles. The number of hydrogen-bond acceptors (Lipinski definition) is 4. The standard InChI is InChI=1S/C16H16ClN3O/c1-16(2,3)15-19-11(8-13(18)20-15)12-7-9-5-4-6-10(17)14(9)21-12/h4-8H,1-3H3,(H2,18,19,20). The number of furan rings is 1. The molecule has 108 valence electrons. The molecule has 0 fully saturated rings. The van der Waals surface area contributed by atoms with Gasteiger partial charge in [-0.25, -0.2) is 9.97 Å². The zero-order chi connectivity index (χ0) is 15.2. The van der Waals surface area contributed by atoms with Crippen LogP contribution in [0.5, 0.6) is 0 Å². The first-order valence-corrected chi connectivity index (χ1v) is 7.06. The van der Waals surface area contributed by atoms with E-state index in [1.165, 1.54) is 0 Å². The first-order valence-electron chi connectivity index (χ1n) is 6.68. The van der Waals surface area contributed by atoms with Crippen LogP contribution in [0, 0.1) is 0 Å². The third kappa shape index (κ3) is 2.59. The topological polar surface area (TPSA) is 64.9 Å². The summed E-state index contributed by atoms with van der Waals surface area (Å²) in [4.78, 5) is 8.87. The average Bonchev–Trinajstić information content (AvgIpc) is 2.82. The van der Waals surface area contributed by atoms with Crippen LogP contribution in [0.25, 0.3) is 22.4 Å². The molecule has 1 aromatic carbocycles. The lowest BCUT2D eigenvalue weighted by Gasteiger charge is -2.17. The molecule has 0 spiro atoms. The molecule has 3 aromatic rings. The largest absolute Gasteiger partial charge is 0.453 e. The molecule has 4 nitrogen and oxygen atoms in total. The fraction of sp³-hybridized carbons (Fsp3) is 0.250. The van der Waals surface area contributed by atoms with Crippen molar-refractivity contribution in [2.75, 3.05) is 5.73 Å². The van der Waals surface area contributed by atoms with Crippen LogP contribution in [0.2, 0.25) is 5.02 Å². The molecule has 0 bridgehead atoms. The lowest BCUT2D eigenvalue weighted by Crippen LogP contribution is -2.17. The quantitative estimate of drug-likeness (QED) is 0.722. The molecule has 2 heterocycles. The van der Waals surface area contributed by atoms with Crippen molar-refractivity contribution in [2.45, 2.75) is 26.2 Å². The summed E-state index contributed by atoms with van der Waals surface area (Å²) in [5.74, 6) is 1.75. The molecule has 0 radical (unpaired) electrons. The highest BCUT2D eigenvalue weighted by Crippen LogP contribution is 2.32. The van der Waals surface area contributed by atoms with Gasteiger partial charge in [0.2, 0.25) is 0 Å². The Morgan fingerprint density at radius 1 is 1.14 bits per heavy atom. The smallest absolute Gasteiger partial charge is 0.154 e. The summed E-state index contributed by atoms with van der Waals surface area (Å²) in [7, 11) is 0. The van der Waals surface area contributed by atoms with Gasteiger partial charge in [-0.05, 0) is 12.1 Å². The van der Waals surface area contributed by atoms with E-state index in [2.05, 4.69) is 9.97 Å². The summed E-state index contributed by atoms with van der Waals surface area (Å²) in [6.07, 6.45) is 0. The number of benzene rings is 1. The Hall–Kier alpha value is -2.07. The third-order valence-electron chi connectivity index (χ3n) is 3.17. The van der Waals surface area contributed by atoms with E-state index in [9.17, 15) is 0 Å². The van der Waals surface area contributed by atoms with E-state index in [0.717, 1.165) is 5.39 Å². The summed E-state index contributed by atoms with van der Waals surface area (Å²) >= 11 is 6.14. The minimum atomic E-state index is -0.187. The molecule has 0 saturated carbocycles. The predicted molar refractivity (Wildman–Crippen MR) is 85.4 cm³/mol. The summed E-state index contributed by atoms with van der Waals surface area (Å²) in [5.41, 5.74) is 7.03. The van der Waals surface area contributed by atoms with Gasteiger partial charge < -0.3 is 10.2 Å². The lowest BCUT2D eigenvalue weighted by atomic mass is 9.95. The van der Waals surface area contributed by atoms with Crippen LogP contribution in [-0.2, 0) is 5.41 Å². The van der Waals surface area contributed by atoms with Crippen LogP contribution in [0.15, 0.2) is 34.7 Å². The number of nitrogens with zero attached hydrogens (tertiary/aromatic N) is 2. The second kappa shape index (κ2) is 4.74. The number of nitrogen functional groups attached to an aromatic ring is 1. The number of halogens is 1. The lowest BCUT2D eigenvalue weighted by molar-refractivity contribution is 0.544. The Morgan fingerprint density at radius 3 is 2.57 bits per heavy atom. The Balaban J connectivity index is 2.18. The van der Waals surface area contributed by atoms with Gasteiger partial charge in [-0.15, -0.1) is 0 Å². The SMILES string of the molecule is CC(C)(C)c1nc(N)cc(-c2cc3cccc(Cl)c3o2)n1. The van der Waals surface area contributed by atoms with E-state index in [4.69, 9.17) is 21.8 Å². The first-order chi connectivity index (χ1) is 9.84. The highest BCUT2D eigenvalue weighted by molar-refractivity contribution is 6.34. The van der Waals surface area contributed by atoms with Gasteiger partial charge in [0.05, 0.1) is 5.02 Å². The molecular weight excluding hydrogens is 286 g/mol. The molecule has 0 aliphatic carbocycles. The fourth-order valence-corrected chi connectivity index (χ4v) is 2.30. The van der Waals surface area contributed by atoms with E-state index in [1.54, 1.807) is 12.1 Å². The van der Waals surface area contributed by atoms with Gasteiger partial charge in [-0.2, -0.15) is 0 Å². The minimum Gasteiger partial charge on any atom is -0.453 e. The van der Waals surface area contributed by atoms with Gasteiger partial charge in [0, 0.05) is 16.9 Å². The zero-order valence-corrected chi connectivity index (χ0v) is 12.9. The fourth-order valence-electron chi connectivity index (χ4n) is 2.08. The maximum atomic E-state index is 6.14. The normalized spacial score (nSPS) is 12.0. The number of para-hydroxylation sites is 1. The molecule has 0 unspecified atom stereocenters. The van der Waals surface area contributed by atoms with Crippen molar-refractivity contribution in [1.82, 2.24) is 9.97 Å². The van der Waals surface area contributed by atoms with Gasteiger partial charge >= 0.3 is 0 Å². The highest BCUT2D eigenvalue weighted by Gasteiger charge is 2.20. The van der Waals surface area contributed by atoms with E-state index >= 15 is 0 Å². The average molecular weight is 302 g/mol. The second-order valence-corrected chi connectivity index (χ2v) is 6.43. The maximum absolute atomic E-state index is 6.14. The number of aromatic nitrogens is 2. The monoisotopic (exact) mass is 301 g/mol. The molecule has 0 aliphatic rings. The summed E-state index contributed by atoms with van der Waals surface area (Å²) < 4.78 is 5.83. The van der Waals surface area contributed by atoms with Crippen molar-refractivity contribution < 1.29 is 4.42 Å². The van der Waals surface area contributed by atoms with Crippen LogP contribution < -0.4 is 5.73 Å². The molecule has 0 amide bonds. The summed E-state index contributed by atoms with van der Waals surface area (Å²) in [6.45, 7) is 6.13.